The number of carbonyl (C=O) groups excluding carboxylic acids is 3. The minimum Gasteiger partial charge on any atom is -0.497 e. The van der Waals surface area contributed by atoms with Gasteiger partial charge < -0.3 is 10.1 Å². The first-order valence-corrected chi connectivity index (χ1v) is 12.2. The van der Waals surface area contributed by atoms with Crippen LogP contribution in [0.15, 0.2) is 79.0 Å². The highest BCUT2D eigenvalue weighted by Crippen LogP contribution is 2.45. The number of ether oxygens (including phenoxy) is 1. The van der Waals surface area contributed by atoms with E-state index in [2.05, 4.69) is 10.3 Å². The number of halogens is 1. The van der Waals surface area contributed by atoms with Crippen molar-refractivity contribution in [3.05, 3.63) is 96.1 Å². The summed E-state index contributed by atoms with van der Waals surface area (Å²) in [5.41, 5.74) is 1.45. The Balaban J connectivity index is 1.44. The van der Waals surface area contributed by atoms with Crippen molar-refractivity contribution in [3.63, 3.8) is 0 Å². The van der Waals surface area contributed by atoms with Crippen molar-refractivity contribution in [2.75, 3.05) is 12.0 Å². The van der Waals surface area contributed by atoms with Crippen LogP contribution in [-0.4, -0.2) is 34.4 Å². The van der Waals surface area contributed by atoms with Crippen LogP contribution in [-0.2, 0) is 10.3 Å². The molecule has 0 fully saturated rings. The summed E-state index contributed by atoms with van der Waals surface area (Å²) in [6, 6.07) is 19.8. The van der Waals surface area contributed by atoms with Gasteiger partial charge in [-0.25, -0.2) is 9.37 Å². The first-order chi connectivity index (χ1) is 18.7. The van der Waals surface area contributed by atoms with Gasteiger partial charge in [0.1, 0.15) is 22.8 Å². The van der Waals surface area contributed by atoms with Gasteiger partial charge in [0.15, 0.2) is 0 Å². The molecule has 2 aromatic heterocycles. The van der Waals surface area contributed by atoms with E-state index in [0.717, 1.165) is 5.39 Å². The molecule has 39 heavy (non-hydrogen) atoms. The van der Waals surface area contributed by atoms with E-state index < -0.39 is 23.2 Å². The fourth-order valence-corrected chi connectivity index (χ4v) is 5.28. The van der Waals surface area contributed by atoms with Crippen LogP contribution >= 0.6 is 0 Å². The van der Waals surface area contributed by atoms with Crippen molar-refractivity contribution in [2.45, 2.75) is 19.4 Å². The number of hydrogen-bond donors (Lipinski definition) is 1. The summed E-state index contributed by atoms with van der Waals surface area (Å²) < 4.78 is 20.6. The number of amides is 2. The number of anilines is 2. The molecule has 5 aromatic rings. The van der Waals surface area contributed by atoms with Crippen molar-refractivity contribution >= 4 is 50.9 Å². The summed E-state index contributed by atoms with van der Waals surface area (Å²) in [4.78, 5) is 45.7. The molecule has 3 heterocycles. The molecule has 1 N–H and O–H groups in total. The number of aromatic nitrogens is 2. The lowest BCUT2D eigenvalue weighted by molar-refractivity contribution is -0.122. The predicted molar refractivity (Wildman–Crippen MR) is 145 cm³/mol. The van der Waals surface area contributed by atoms with Crippen LogP contribution < -0.4 is 15.0 Å². The number of fused-ring (bicyclic) bond motifs is 4. The topological polar surface area (TPSA) is 93.5 Å². The lowest BCUT2D eigenvalue weighted by atomic mass is 9.93. The highest BCUT2D eigenvalue weighted by atomic mass is 19.1. The average Bonchev–Trinajstić information content (AvgIpc) is 3.38. The maximum atomic E-state index is 13.9. The third kappa shape index (κ3) is 3.65. The number of methoxy groups -OCH3 is 1. The molecule has 2 amide bonds. The molecule has 1 aliphatic heterocycles. The normalized spacial score (nSPS) is 16.5. The Morgan fingerprint density at radius 3 is 2.44 bits per heavy atom. The van der Waals surface area contributed by atoms with E-state index in [1.807, 2.05) is 24.3 Å². The lowest BCUT2D eigenvalue weighted by Crippen LogP contribution is -2.50. The standard InChI is InChI=1S/C30H23FN4O4/c1-17(36)34-25-7-5-4-6-21(25)22-15-24(32-16-27(22)34)28(37)33-30(2)23-14-20(39-3)12-13-26(23)35(29(30)38)19-10-8-18(31)9-11-19/h4-16H,1-3H3,(H,33,37). The highest BCUT2D eigenvalue weighted by molar-refractivity contribution is 6.16. The van der Waals surface area contributed by atoms with Gasteiger partial charge in [0.05, 0.1) is 30.0 Å². The van der Waals surface area contributed by atoms with Crippen LogP contribution in [0, 0.1) is 5.82 Å². The van der Waals surface area contributed by atoms with E-state index in [1.54, 1.807) is 35.8 Å². The summed E-state index contributed by atoms with van der Waals surface area (Å²) in [6.45, 7) is 3.09. The SMILES string of the molecule is COc1ccc2c(c1)C(C)(NC(=O)c1cc3c4ccccc4n(C(C)=O)c3cn1)C(=O)N2c1ccc(F)cc1. The third-order valence-electron chi connectivity index (χ3n) is 7.17. The second-order valence-electron chi connectivity index (χ2n) is 9.54. The number of carbonyl (C=O) groups is 3. The Bertz CT molecular complexity index is 1830. The van der Waals surface area contributed by atoms with Gasteiger partial charge in [-0.3, -0.25) is 23.9 Å². The van der Waals surface area contributed by atoms with Crippen LogP contribution in [0.2, 0.25) is 0 Å². The minimum atomic E-state index is -1.47. The highest BCUT2D eigenvalue weighted by Gasteiger charge is 2.49. The van der Waals surface area contributed by atoms with Crippen molar-refractivity contribution < 1.29 is 23.5 Å². The molecule has 1 unspecified atom stereocenters. The molecule has 8 nitrogen and oxygen atoms in total. The number of rotatable bonds is 4. The van der Waals surface area contributed by atoms with Gasteiger partial charge in [0.25, 0.3) is 11.8 Å². The fraction of sp³-hybridized carbons (Fsp3) is 0.133. The Morgan fingerprint density at radius 1 is 0.974 bits per heavy atom. The Kier molecular flexibility index (Phi) is 5.46. The Hall–Kier alpha value is -5.05. The van der Waals surface area contributed by atoms with Gasteiger partial charge in [-0.05, 0) is 61.5 Å². The number of pyridine rings is 1. The van der Waals surface area contributed by atoms with E-state index >= 15 is 0 Å². The van der Waals surface area contributed by atoms with E-state index in [0.29, 0.717) is 39.1 Å². The molecular formula is C30H23FN4O4. The molecule has 1 atom stereocenters. The van der Waals surface area contributed by atoms with E-state index in [9.17, 15) is 18.8 Å². The molecule has 6 rings (SSSR count). The molecule has 0 aliphatic carbocycles. The molecule has 194 valence electrons. The third-order valence-corrected chi connectivity index (χ3v) is 7.17. The molecule has 0 radical (unpaired) electrons. The van der Waals surface area contributed by atoms with Gasteiger partial charge in [-0.1, -0.05) is 18.2 Å². The largest absolute Gasteiger partial charge is 0.497 e. The molecule has 0 bridgehead atoms. The van der Waals surface area contributed by atoms with Crippen molar-refractivity contribution in [3.8, 4) is 5.75 Å². The molecule has 0 saturated heterocycles. The van der Waals surface area contributed by atoms with E-state index in [1.165, 1.54) is 49.4 Å². The number of para-hydroxylation sites is 1. The Labute approximate surface area is 222 Å². The zero-order valence-corrected chi connectivity index (χ0v) is 21.4. The zero-order chi connectivity index (χ0) is 27.5. The summed E-state index contributed by atoms with van der Waals surface area (Å²) in [5.74, 6) is -1.07. The quantitative estimate of drug-likeness (QED) is 0.345. The predicted octanol–water partition coefficient (Wildman–Crippen LogP) is 5.32. The van der Waals surface area contributed by atoms with Crippen LogP contribution in [0.25, 0.3) is 21.8 Å². The van der Waals surface area contributed by atoms with E-state index in [-0.39, 0.29) is 11.6 Å². The van der Waals surface area contributed by atoms with Crippen LogP contribution in [0.3, 0.4) is 0 Å². The second-order valence-corrected chi connectivity index (χ2v) is 9.54. The summed E-state index contributed by atoms with van der Waals surface area (Å²) in [6.07, 6.45) is 1.49. The number of nitrogens with one attached hydrogen (secondary N) is 1. The monoisotopic (exact) mass is 522 g/mol. The van der Waals surface area contributed by atoms with Crippen LogP contribution in [0.1, 0.15) is 34.7 Å². The maximum absolute atomic E-state index is 13.9. The first kappa shape index (κ1) is 24.3. The molecular weight excluding hydrogens is 499 g/mol. The molecule has 0 spiro atoms. The molecule has 1 aliphatic rings. The zero-order valence-electron chi connectivity index (χ0n) is 21.4. The fourth-order valence-electron chi connectivity index (χ4n) is 5.28. The summed E-state index contributed by atoms with van der Waals surface area (Å²) in [5, 5.41) is 4.39. The van der Waals surface area contributed by atoms with Gasteiger partial charge in [0.2, 0.25) is 5.91 Å². The first-order valence-electron chi connectivity index (χ1n) is 12.2. The van der Waals surface area contributed by atoms with Gasteiger partial charge >= 0.3 is 0 Å². The number of hydrogen-bond acceptors (Lipinski definition) is 5. The molecule has 0 saturated carbocycles. The minimum absolute atomic E-state index is 0.0904. The van der Waals surface area contributed by atoms with Gasteiger partial charge in [-0.15, -0.1) is 0 Å². The van der Waals surface area contributed by atoms with Gasteiger partial charge in [-0.2, -0.15) is 0 Å². The smallest absolute Gasteiger partial charge is 0.271 e. The summed E-state index contributed by atoms with van der Waals surface area (Å²) >= 11 is 0. The number of nitrogens with zero attached hydrogens (tertiary/aromatic N) is 3. The lowest BCUT2D eigenvalue weighted by Gasteiger charge is -2.26. The van der Waals surface area contributed by atoms with Crippen LogP contribution in [0.4, 0.5) is 15.8 Å². The molecule has 3 aromatic carbocycles. The average molecular weight is 523 g/mol. The maximum Gasteiger partial charge on any atom is 0.271 e. The number of benzene rings is 3. The second kappa shape index (κ2) is 8.76. The van der Waals surface area contributed by atoms with E-state index in [4.69, 9.17) is 4.74 Å². The Morgan fingerprint density at radius 2 is 1.72 bits per heavy atom. The molecule has 9 heteroatoms. The van der Waals surface area contributed by atoms with Crippen LogP contribution in [0.5, 0.6) is 5.75 Å². The van der Waals surface area contributed by atoms with Gasteiger partial charge in [0, 0.05) is 28.9 Å². The van der Waals surface area contributed by atoms with Crippen molar-refractivity contribution in [1.82, 2.24) is 14.9 Å². The summed E-state index contributed by atoms with van der Waals surface area (Å²) in [7, 11) is 1.52. The van der Waals surface area contributed by atoms with Crippen molar-refractivity contribution in [1.29, 1.82) is 0 Å². The van der Waals surface area contributed by atoms with Crippen molar-refractivity contribution in [2.24, 2.45) is 0 Å².